The molecule has 0 spiro atoms. The van der Waals surface area contributed by atoms with Gasteiger partial charge in [0, 0.05) is 6.54 Å². The van der Waals surface area contributed by atoms with Crippen molar-refractivity contribution < 1.29 is 14.4 Å². The number of urea groups is 1. The topological polar surface area (TPSA) is 59.6 Å². The number of rotatable bonds is 8. The van der Waals surface area contributed by atoms with Crippen LogP contribution in [0.2, 0.25) is 0 Å². The van der Waals surface area contributed by atoms with E-state index in [0.717, 1.165) is 12.2 Å². The first-order valence-electron chi connectivity index (χ1n) is 6.52. The van der Waals surface area contributed by atoms with Gasteiger partial charge in [-0.15, -0.1) is 0 Å². The van der Waals surface area contributed by atoms with Crippen molar-refractivity contribution in [1.82, 2.24) is 10.8 Å². The molecule has 1 rings (SSSR count). The molecule has 0 radical (unpaired) electrons. The third-order valence-corrected chi connectivity index (χ3v) is 2.37. The highest BCUT2D eigenvalue weighted by Gasteiger charge is 2.00. The Hall–Kier alpha value is -1.75. The van der Waals surface area contributed by atoms with Gasteiger partial charge >= 0.3 is 6.03 Å². The fraction of sp³-hybridized carbons (Fsp3) is 0.500. The highest BCUT2D eigenvalue weighted by atomic mass is 16.7. The number of benzene rings is 1. The molecule has 106 valence electrons. The van der Waals surface area contributed by atoms with Crippen LogP contribution in [0.15, 0.2) is 30.3 Å². The Morgan fingerprint density at radius 3 is 2.63 bits per heavy atom. The van der Waals surface area contributed by atoms with E-state index >= 15 is 0 Å². The van der Waals surface area contributed by atoms with Gasteiger partial charge in [0.25, 0.3) is 0 Å². The van der Waals surface area contributed by atoms with Gasteiger partial charge in [-0.25, -0.2) is 10.3 Å². The number of hydrogen-bond donors (Lipinski definition) is 2. The maximum atomic E-state index is 11.3. The van der Waals surface area contributed by atoms with E-state index in [1.54, 1.807) is 0 Å². The van der Waals surface area contributed by atoms with E-state index < -0.39 is 0 Å². The van der Waals surface area contributed by atoms with Gasteiger partial charge in [0.05, 0.1) is 0 Å². The third kappa shape index (κ3) is 8.05. The molecule has 0 unspecified atom stereocenters. The molecule has 0 aliphatic carbocycles. The van der Waals surface area contributed by atoms with Gasteiger partial charge in [-0.3, -0.25) is 4.84 Å². The molecule has 19 heavy (non-hydrogen) atoms. The lowest BCUT2D eigenvalue weighted by atomic mass is 10.1. The van der Waals surface area contributed by atoms with Crippen LogP contribution in [0.5, 0.6) is 5.75 Å². The Morgan fingerprint density at radius 1 is 1.21 bits per heavy atom. The number of nitrogens with one attached hydrogen (secondary N) is 2. The molecule has 0 saturated heterocycles. The molecule has 0 aliphatic heterocycles. The van der Waals surface area contributed by atoms with Crippen molar-refractivity contribution in [1.29, 1.82) is 0 Å². The van der Waals surface area contributed by atoms with E-state index in [2.05, 4.69) is 24.6 Å². The predicted octanol–water partition coefficient (Wildman–Crippen LogP) is 2.34. The Labute approximate surface area is 114 Å². The Morgan fingerprint density at radius 2 is 1.95 bits per heavy atom. The highest BCUT2D eigenvalue weighted by molar-refractivity contribution is 5.72. The zero-order valence-electron chi connectivity index (χ0n) is 11.5. The minimum absolute atomic E-state index is 0.298. The van der Waals surface area contributed by atoms with Crippen LogP contribution in [0.1, 0.15) is 20.3 Å². The molecule has 2 amide bonds. The first kappa shape index (κ1) is 15.3. The summed E-state index contributed by atoms with van der Waals surface area (Å²) in [4.78, 5) is 16.3. The maximum absolute atomic E-state index is 11.3. The number of carbonyl (C=O) groups is 1. The van der Waals surface area contributed by atoms with Gasteiger partial charge in [0.2, 0.25) is 0 Å². The smallest absolute Gasteiger partial charge is 0.338 e. The molecule has 0 aliphatic rings. The monoisotopic (exact) mass is 266 g/mol. The van der Waals surface area contributed by atoms with Crippen LogP contribution in [0.3, 0.4) is 0 Å². The van der Waals surface area contributed by atoms with Crippen molar-refractivity contribution in [3.05, 3.63) is 30.3 Å². The average molecular weight is 266 g/mol. The first-order valence-corrected chi connectivity index (χ1v) is 6.52. The van der Waals surface area contributed by atoms with Gasteiger partial charge in [-0.05, 0) is 24.5 Å². The molecule has 0 atom stereocenters. The van der Waals surface area contributed by atoms with Crippen molar-refractivity contribution in [2.75, 3.05) is 19.8 Å². The largest absolute Gasteiger partial charge is 0.491 e. The van der Waals surface area contributed by atoms with E-state index in [1.165, 1.54) is 0 Å². The summed E-state index contributed by atoms with van der Waals surface area (Å²) < 4.78 is 5.40. The molecule has 5 nitrogen and oxygen atoms in total. The molecule has 5 heteroatoms. The van der Waals surface area contributed by atoms with E-state index in [9.17, 15) is 4.79 Å². The van der Waals surface area contributed by atoms with Gasteiger partial charge in [-0.1, -0.05) is 32.0 Å². The molecule has 1 aromatic rings. The minimum atomic E-state index is -0.319. The molecule has 0 bridgehead atoms. The summed E-state index contributed by atoms with van der Waals surface area (Å²) in [7, 11) is 0. The number of hydroxylamine groups is 1. The quantitative estimate of drug-likeness (QED) is 0.561. The zero-order valence-corrected chi connectivity index (χ0v) is 11.5. The minimum Gasteiger partial charge on any atom is -0.491 e. The van der Waals surface area contributed by atoms with Crippen LogP contribution in [0.4, 0.5) is 4.79 Å². The number of amides is 2. The van der Waals surface area contributed by atoms with Crippen LogP contribution in [0, 0.1) is 5.92 Å². The summed E-state index contributed by atoms with van der Waals surface area (Å²) in [5.74, 6) is 1.35. The normalized spacial score (nSPS) is 10.3. The average Bonchev–Trinajstić information content (AvgIpc) is 2.39. The van der Waals surface area contributed by atoms with Crippen molar-refractivity contribution in [3.63, 3.8) is 0 Å². The van der Waals surface area contributed by atoms with Crippen LogP contribution in [-0.4, -0.2) is 25.8 Å². The van der Waals surface area contributed by atoms with Gasteiger partial charge in [0.1, 0.15) is 19.0 Å². The summed E-state index contributed by atoms with van der Waals surface area (Å²) in [6.07, 6.45) is 0.949. The van der Waals surface area contributed by atoms with E-state index in [0.29, 0.717) is 25.7 Å². The number of ether oxygens (including phenoxy) is 1. The van der Waals surface area contributed by atoms with E-state index in [-0.39, 0.29) is 6.03 Å². The summed E-state index contributed by atoms with van der Waals surface area (Å²) in [6.45, 7) is 5.55. The summed E-state index contributed by atoms with van der Waals surface area (Å²) >= 11 is 0. The second-order valence-corrected chi connectivity index (χ2v) is 4.55. The maximum Gasteiger partial charge on any atom is 0.338 e. The van der Waals surface area contributed by atoms with Crippen LogP contribution < -0.4 is 15.5 Å². The second-order valence-electron chi connectivity index (χ2n) is 4.55. The SMILES string of the molecule is CC(C)CCNC(=O)NOCCOc1ccccc1. The van der Waals surface area contributed by atoms with Crippen molar-refractivity contribution >= 4 is 6.03 Å². The molecule has 0 heterocycles. The van der Waals surface area contributed by atoms with Crippen LogP contribution in [0.25, 0.3) is 0 Å². The fourth-order valence-corrected chi connectivity index (χ4v) is 1.34. The molecule has 0 aromatic heterocycles. The Kier molecular flexibility index (Phi) is 7.43. The molecule has 2 N–H and O–H groups in total. The van der Waals surface area contributed by atoms with Gasteiger partial charge in [0.15, 0.2) is 0 Å². The standard InChI is InChI=1S/C14H22N2O3/c1-12(2)8-9-15-14(17)16-19-11-10-18-13-6-4-3-5-7-13/h3-7,12H,8-11H2,1-2H3,(H2,15,16,17). The van der Waals surface area contributed by atoms with Crippen molar-refractivity contribution in [3.8, 4) is 5.75 Å². The lowest BCUT2D eigenvalue weighted by molar-refractivity contribution is 0.0414. The first-order chi connectivity index (χ1) is 9.18. The predicted molar refractivity (Wildman–Crippen MR) is 73.9 cm³/mol. The third-order valence-electron chi connectivity index (χ3n) is 2.37. The molecular formula is C14H22N2O3. The van der Waals surface area contributed by atoms with E-state index in [1.807, 2.05) is 30.3 Å². The van der Waals surface area contributed by atoms with Gasteiger partial charge < -0.3 is 10.1 Å². The number of carbonyl (C=O) groups excluding carboxylic acids is 1. The Balaban J connectivity index is 1.97. The molecular weight excluding hydrogens is 244 g/mol. The summed E-state index contributed by atoms with van der Waals surface area (Å²) in [6, 6.07) is 9.14. The second kappa shape index (κ2) is 9.22. The number of hydrogen-bond acceptors (Lipinski definition) is 3. The lowest BCUT2D eigenvalue weighted by Crippen LogP contribution is -2.37. The Bertz CT molecular complexity index is 355. The highest BCUT2D eigenvalue weighted by Crippen LogP contribution is 2.07. The fourth-order valence-electron chi connectivity index (χ4n) is 1.34. The zero-order chi connectivity index (χ0) is 13.9. The van der Waals surface area contributed by atoms with Crippen molar-refractivity contribution in [2.45, 2.75) is 20.3 Å². The molecule has 1 aromatic carbocycles. The van der Waals surface area contributed by atoms with Gasteiger partial charge in [-0.2, -0.15) is 0 Å². The number of para-hydroxylation sites is 1. The summed E-state index contributed by atoms with van der Waals surface area (Å²) in [5, 5.41) is 2.71. The van der Waals surface area contributed by atoms with Crippen LogP contribution >= 0.6 is 0 Å². The summed E-state index contributed by atoms with van der Waals surface area (Å²) in [5.41, 5.74) is 2.31. The molecule has 0 saturated carbocycles. The van der Waals surface area contributed by atoms with Crippen LogP contribution in [-0.2, 0) is 4.84 Å². The molecule has 0 fully saturated rings. The van der Waals surface area contributed by atoms with Crippen molar-refractivity contribution in [2.24, 2.45) is 5.92 Å². The lowest BCUT2D eigenvalue weighted by Gasteiger charge is -2.09. The van der Waals surface area contributed by atoms with E-state index in [4.69, 9.17) is 9.57 Å².